The van der Waals surface area contributed by atoms with Crippen LogP contribution in [0.3, 0.4) is 0 Å². The predicted octanol–water partition coefficient (Wildman–Crippen LogP) is 5.58. The molecule has 0 radical (unpaired) electrons. The van der Waals surface area contributed by atoms with Crippen LogP contribution in [0.4, 0.5) is 15.9 Å². The normalized spacial score (nSPS) is 21.5. The highest BCUT2D eigenvalue weighted by atomic mass is 35.5. The molecule has 1 saturated carbocycles. The van der Waals surface area contributed by atoms with E-state index in [-0.39, 0.29) is 10.8 Å². The van der Waals surface area contributed by atoms with Gasteiger partial charge in [0, 0.05) is 23.0 Å². The fraction of sp³-hybridized carbons (Fsp3) is 0.368. The summed E-state index contributed by atoms with van der Waals surface area (Å²) in [6.07, 6.45) is 6.19. The molecule has 3 aliphatic carbocycles. The molecule has 0 saturated heterocycles. The lowest BCUT2D eigenvalue weighted by molar-refractivity contribution is 0.101. The van der Waals surface area contributed by atoms with Gasteiger partial charge in [-0.2, -0.15) is 0 Å². The van der Waals surface area contributed by atoms with E-state index in [0.29, 0.717) is 17.5 Å². The van der Waals surface area contributed by atoms with Crippen molar-refractivity contribution in [2.75, 3.05) is 5.32 Å². The first kappa shape index (κ1) is 15.6. The molecule has 124 valence electrons. The minimum Gasteiger partial charge on any atom is -0.340 e. The van der Waals surface area contributed by atoms with Crippen LogP contribution in [-0.2, 0) is 0 Å². The summed E-state index contributed by atoms with van der Waals surface area (Å²) in [5, 5.41) is 3.33. The number of anilines is 2. The van der Waals surface area contributed by atoms with E-state index in [4.69, 9.17) is 11.6 Å². The van der Waals surface area contributed by atoms with Gasteiger partial charge in [-0.15, -0.1) is 0 Å². The number of fused-ring (bicyclic) bond motifs is 2. The molecule has 1 N–H and O–H groups in total. The zero-order valence-corrected chi connectivity index (χ0v) is 14.2. The number of halogens is 2. The third-order valence-corrected chi connectivity index (χ3v) is 5.57. The van der Waals surface area contributed by atoms with Crippen LogP contribution < -0.4 is 5.32 Å². The molecule has 0 atom stereocenters. The van der Waals surface area contributed by atoms with Crippen LogP contribution in [0.1, 0.15) is 65.9 Å². The Labute approximate surface area is 145 Å². The number of rotatable bonds is 3. The number of ketones is 1. The number of nitrogens with zero attached hydrogens (tertiary/aromatic N) is 1. The van der Waals surface area contributed by atoms with E-state index in [0.717, 1.165) is 48.2 Å². The lowest BCUT2D eigenvalue weighted by atomic mass is 9.66. The Bertz CT molecular complexity index is 828. The van der Waals surface area contributed by atoms with Crippen LogP contribution >= 0.6 is 11.6 Å². The quantitative estimate of drug-likeness (QED) is 0.739. The highest BCUT2D eigenvalue weighted by Crippen LogP contribution is 2.52. The van der Waals surface area contributed by atoms with Gasteiger partial charge in [0.05, 0.1) is 5.02 Å². The summed E-state index contributed by atoms with van der Waals surface area (Å²) >= 11 is 5.75. The first-order valence-corrected chi connectivity index (χ1v) is 8.68. The largest absolute Gasteiger partial charge is 0.340 e. The highest BCUT2D eigenvalue weighted by molar-refractivity contribution is 6.30. The minimum atomic E-state index is -0.461. The summed E-state index contributed by atoms with van der Waals surface area (Å²) in [5.41, 5.74) is 3.67. The van der Waals surface area contributed by atoms with Crippen LogP contribution in [0.15, 0.2) is 24.4 Å². The van der Waals surface area contributed by atoms with Crippen LogP contribution in [0.25, 0.3) is 0 Å². The molecule has 0 amide bonds. The van der Waals surface area contributed by atoms with Crippen molar-refractivity contribution in [2.24, 2.45) is 0 Å². The zero-order chi connectivity index (χ0) is 16.8. The molecule has 3 aliphatic rings. The fourth-order valence-electron chi connectivity index (χ4n) is 4.16. The number of hydrogen-bond acceptors (Lipinski definition) is 3. The topological polar surface area (TPSA) is 42.0 Å². The summed E-state index contributed by atoms with van der Waals surface area (Å²) in [6.45, 7) is 1.60. The average molecular weight is 345 g/mol. The molecule has 2 bridgehead atoms. The van der Waals surface area contributed by atoms with Gasteiger partial charge in [0.2, 0.25) is 0 Å². The average Bonchev–Trinajstić information content (AvgIpc) is 2.59. The Balaban J connectivity index is 1.81. The summed E-state index contributed by atoms with van der Waals surface area (Å²) in [4.78, 5) is 16.5. The Kier molecular flexibility index (Phi) is 3.80. The van der Waals surface area contributed by atoms with Gasteiger partial charge < -0.3 is 5.32 Å². The van der Waals surface area contributed by atoms with Gasteiger partial charge in [-0.3, -0.25) is 4.79 Å². The molecule has 0 spiro atoms. The van der Waals surface area contributed by atoms with Crippen LogP contribution in [-0.4, -0.2) is 10.8 Å². The van der Waals surface area contributed by atoms with Crippen LogP contribution in [0.2, 0.25) is 5.02 Å². The van der Waals surface area contributed by atoms with Gasteiger partial charge >= 0.3 is 0 Å². The predicted molar refractivity (Wildman–Crippen MR) is 92.9 cm³/mol. The maximum Gasteiger partial charge on any atom is 0.161 e. The van der Waals surface area contributed by atoms with E-state index in [1.54, 1.807) is 19.2 Å². The number of aromatic nitrogens is 1. The molecule has 2 aromatic rings. The van der Waals surface area contributed by atoms with Crippen molar-refractivity contribution < 1.29 is 9.18 Å². The molecule has 24 heavy (non-hydrogen) atoms. The lowest BCUT2D eigenvalue weighted by Gasteiger charge is -2.40. The van der Waals surface area contributed by atoms with Gasteiger partial charge in [0.1, 0.15) is 11.6 Å². The van der Waals surface area contributed by atoms with Crippen LogP contribution in [0.5, 0.6) is 0 Å². The van der Waals surface area contributed by atoms with Gasteiger partial charge in [-0.1, -0.05) is 11.6 Å². The third kappa shape index (κ3) is 2.49. The second-order valence-corrected chi connectivity index (χ2v) is 7.11. The SMILES string of the molecule is CC(=O)c1cnc(Nc2ccc(Cl)c(F)c2)c2c1C1CCC2CC1. The Morgan fingerprint density at radius 1 is 1.21 bits per heavy atom. The van der Waals surface area contributed by atoms with Gasteiger partial charge in [-0.05, 0) is 68.2 Å². The van der Waals surface area contributed by atoms with E-state index in [1.165, 1.54) is 12.1 Å². The van der Waals surface area contributed by atoms with Crippen molar-refractivity contribution in [3.8, 4) is 0 Å². The van der Waals surface area contributed by atoms with E-state index >= 15 is 0 Å². The van der Waals surface area contributed by atoms with E-state index in [1.807, 2.05) is 0 Å². The number of nitrogens with one attached hydrogen (secondary N) is 1. The van der Waals surface area contributed by atoms with Crippen molar-refractivity contribution in [1.82, 2.24) is 4.98 Å². The number of carbonyl (C=O) groups is 1. The lowest BCUT2D eigenvalue weighted by Crippen LogP contribution is -2.25. The molecule has 3 nitrogen and oxygen atoms in total. The number of hydrogen-bond donors (Lipinski definition) is 1. The van der Waals surface area contributed by atoms with E-state index < -0.39 is 5.82 Å². The molecule has 5 heteroatoms. The smallest absolute Gasteiger partial charge is 0.161 e. The Morgan fingerprint density at radius 2 is 1.88 bits per heavy atom. The molecule has 1 fully saturated rings. The number of benzene rings is 1. The van der Waals surface area contributed by atoms with Crippen molar-refractivity contribution in [2.45, 2.75) is 44.4 Å². The first-order chi connectivity index (χ1) is 11.5. The molecule has 5 rings (SSSR count). The first-order valence-electron chi connectivity index (χ1n) is 8.30. The van der Waals surface area contributed by atoms with Crippen molar-refractivity contribution >= 4 is 28.9 Å². The van der Waals surface area contributed by atoms with E-state index in [9.17, 15) is 9.18 Å². The van der Waals surface area contributed by atoms with Crippen molar-refractivity contribution in [3.63, 3.8) is 0 Å². The molecule has 1 heterocycles. The van der Waals surface area contributed by atoms with Crippen LogP contribution in [0, 0.1) is 5.82 Å². The maximum atomic E-state index is 13.7. The second-order valence-electron chi connectivity index (χ2n) is 6.71. The molecule has 1 aromatic carbocycles. The number of Topliss-reactive ketones (excluding diaryl/α,β-unsaturated/α-hetero) is 1. The monoisotopic (exact) mass is 344 g/mol. The minimum absolute atomic E-state index is 0.0652. The molecule has 0 aliphatic heterocycles. The second kappa shape index (κ2) is 5.85. The van der Waals surface area contributed by atoms with Crippen molar-refractivity contribution in [1.29, 1.82) is 0 Å². The summed E-state index contributed by atoms with van der Waals surface area (Å²) in [7, 11) is 0. The Morgan fingerprint density at radius 3 is 2.50 bits per heavy atom. The number of carbonyl (C=O) groups excluding carboxylic acids is 1. The highest BCUT2D eigenvalue weighted by Gasteiger charge is 2.37. The maximum absolute atomic E-state index is 13.7. The van der Waals surface area contributed by atoms with Gasteiger partial charge in [0.15, 0.2) is 5.78 Å². The summed E-state index contributed by atoms with van der Waals surface area (Å²) < 4.78 is 13.7. The van der Waals surface area contributed by atoms with Crippen molar-refractivity contribution in [3.05, 3.63) is 51.9 Å². The Hall–Kier alpha value is -1.94. The molecular formula is C19H18ClFN2O. The van der Waals surface area contributed by atoms with Gasteiger partial charge in [-0.25, -0.2) is 9.37 Å². The standard InChI is InChI=1S/C19H18ClFN2O/c1-10(24)14-9-22-19(23-13-6-7-15(20)16(21)8-13)18-12-4-2-11(3-5-12)17(14)18/h6-9,11-12H,2-5H2,1H3,(H,22,23). The third-order valence-electron chi connectivity index (χ3n) is 5.26. The summed E-state index contributed by atoms with van der Waals surface area (Å²) in [5.74, 6) is 1.21. The summed E-state index contributed by atoms with van der Waals surface area (Å²) in [6, 6.07) is 4.64. The molecule has 0 unspecified atom stereocenters. The van der Waals surface area contributed by atoms with E-state index in [2.05, 4.69) is 10.3 Å². The molecule has 1 aromatic heterocycles. The number of pyridine rings is 1. The zero-order valence-electron chi connectivity index (χ0n) is 13.4. The van der Waals surface area contributed by atoms with Gasteiger partial charge in [0.25, 0.3) is 0 Å². The fourth-order valence-corrected chi connectivity index (χ4v) is 4.27. The molecular weight excluding hydrogens is 327 g/mol.